The molecule has 0 aliphatic carbocycles. The zero-order valence-electron chi connectivity index (χ0n) is 16.2. The van der Waals surface area contributed by atoms with E-state index >= 15 is 0 Å². The number of benzene rings is 3. The highest BCUT2D eigenvalue weighted by Crippen LogP contribution is 2.33. The van der Waals surface area contributed by atoms with Crippen molar-refractivity contribution >= 4 is 33.4 Å². The lowest BCUT2D eigenvalue weighted by molar-refractivity contribution is -0.116. The van der Waals surface area contributed by atoms with Gasteiger partial charge in [-0.15, -0.1) is 0 Å². The third-order valence-electron chi connectivity index (χ3n) is 4.15. The molecule has 0 aliphatic rings. The van der Waals surface area contributed by atoms with E-state index in [9.17, 15) is 17.6 Å². The normalized spacial score (nSPS) is 12.3. The second-order valence-electron chi connectivity index (χ2n) is 6.66. The van der Waals surface area contributed by atoms with Crippen LogP contribution in [0.4, 0.5) is 10.1 Å². The lowest BCUT2D eigenvalue weighted by atomic mass is 10.0. The summed E-state index contributed by atoms with van der Waals surface area (Å²) in [6.07, 6.45) is 0.885. The van der Waals surface area contributed by atoms with Gasteiger partial charge in [0.05, 0.1) is 18.0 Å². The van der Waals surface area contributed by atoms with Gasteiger partial charge in [-0.2, -0.15) is 0 Å². The zero-order chi connectivity index (χ0) is 21.6. The molecule has 3 aromatic carbocycles. The van der Waals surface area contributed by atoms with E-state index < -0.39 is 21.9 Å². The van der Waals surface area contributed by atoms with E-state index in [0.29, 0.717) is 11.3 Å². The number of rotatable bonds is 8. The van der Waals surface area contributed by atoms with Gasteiger partial charge >= 0.3 is 0 Å². The molecule has 0 fully saturated rings. The molecule has 8 heteroatoms. The Morgan fingerprint density at radius 3 is 2.27 bits per heavy atom. The van der Waals surface area contributed by atoms with Gasteiger partial charge in [0, 0.05) is 16.2 Å². The van der Waals surface area contributed by atoms with E-state index in [4.69, 9.17) is 0 Å². The second kappa shape index (κ2) is 9.88. The Kier molecular flexibility index (Phi) is 7.25. The van der Waals surface area contributed by atoms with Crippen LogP contribution in [0.15, 0.2) is 88.7 Å². The summed E-state index contributed by atoms with van der Waals surface area (Å²) in [7, 11) is -3.58. The topological polar surface area (TPSA) is 75.3 Å². The highest BCUT2D eigenvalue weighted by atomic mass is 32.2. The molecule has 0 saturated carbocycles. The smallest absolute Gasteiger partial charge is 0.226 e. The monoisotopic (exact) mass is 444 g/mol. The van der Waals surface area contributed by atoms with Crippen LogP contribution in [0.2, 0.25) is 0 Å². The summed E-state index contributed by atoms with van der Waals surface area (Å²) in [4.78, 5) is 14.6. The number of halogens is 1. The Balaban J connectivity index is 1.76. The van der Waals surface area contributed by atoms with Crippen molar-refractivity contribution in [2.45, 2.75) is 22.3 Å². The van der Waals surface area contributed by atoms with Crippen molar-refractivity contribution in [2.75, 3.05) is 11.6 Å². The van der Waals surface area contributed by atoms with Gasteiger partial charge in [0.2, 0.25) is 15.9 Å². The van der Waals surface area contributed by atoms with Crippen LogP contribution < -0.4 is 10.0 Å². The maximum absolute atomic E-state index is 13.2. The van der Waals surface area contributed by atoms with Crippen molar-refractivity contribution in [3.8, 4) is 0 Å². The van der Waals surface area contributed by atoms with E-state index in [-0.39, 0.29) is 12.3 Å². The summed E-state index contributed by atoms with van der Waals surface area (Å²) in [6, 6.07) is 21.7. The number of sulfonamides is 1. The van der Waals surface area contributed by atoms with Crippen molar-refractivity contribution in [1.29, 1.82) is 0 Å². The minimum Gasteiger partial charge on any atom is -0.325 e. The number of carbonyl (C=O) groups excluding carboxylic acids is 1. The van der Waals surface area contributed by atoms with Gasteiger partial charge in [0.15, 0.2) is 0 Å². The van der Waals surface area contributed by atoms with Crippen molar-refractivity contribution in [1.82, 2.24) is 4.72 Å². The molecule has 30 heavy (non-hydrogen) atoms. The van der Waals surface area contributed by atoms with Crippen LogP contribution in [0.3, 0.4) is 0 Å². The molecule has 0 unspecified atom stereocenters. The molecule has 3 rings (SSSR count). The fourth-order valence-corrected chi connectivity index (χ4v) is 4.50. The van der Waals surface area contributed by atoms with Gasteiger partial charge < -0.3 is 5.32 Å². The van der Waals surface area contributed by atoms with Crippen molar-refractivity contribution in [3.63, 3.8) is 0 Å². The minimum absolute atomic E-state index is 0.136. The van der Waals surface area contributed by atoms with Crippen LogP contribution in [-0.4, -0.2) is 20.6 Å². The van der Waals surface area contributed by atoms with Gasteiger partial charge in [-0.25, -0.2) is 17.5 Å². The first-order chi connectivity index (χ1) is 14.3. The van der Waals surface area contributed by atoms with E-state index in [1.807, 2.05) is 48.5 Å². The Labute approximate surface area is 179 Å². The third kappa shape index (κ3) is 6.69. The van der Waals surface area contributed by atoms with Gasteiger partial charge in [0.25, 0.3) is 0 Å². The maximum atomic E-state index is 13.2. The molecular formula is C22H21FN2O3S2. The fraction of sp³-hybridized carbons (Fsp3) is 0.136. The molecule has 0 radical (unpaired) electrons. The third-order valence-corrected chi connectivity index (χ3v) is 5.95. The molecule has 0 bridgehead atoms. The van der Waals surface area contributed by atoms with Crippen LogP contribution in [0.1, 0.15) is 18.0 Å². The molecule has 2 N–H and O–H groups in total. The summed E-state index contributed by atoms with van der Waals surface area (Å²) in [6.45, 7) is 0. The summed E-state index contributed by atoms with van der Waals surface area (Å²) < 4.78 is 39.2. The van der Waals surface area contributed by atoms with Crippen LogP contribution in [-0.2, 0) is 14.8 Å². The number of nitrogens with one attached hydrogen (secondary N) is 2. The molecule has 5 nitrogen and oxygen atoms in total. The molecule has 0 saturated heterocycles. The second-order valence-corrected chi connectivity index (χ2v) is 9.55. The van der Waals surface area contributed by atoms with E-state index in [1.165, 1.54) is 36.0 Å². The summed E-state index contributed by atoms with van der Waals surface area (Å²) in [5, 5.41) is 2.86. The molecule has 0 spiro atoms. The Morgan fingerprint density at radius 2 is 1.60 bits per heavy atom. The van der Waals surface area contributed by atoms with Gasteiger partial charge in [-0.05, 0) is 42.0 Å². The Bertz CT molecular complexity index is 1100. The fourth-order valence-electron chi connectivity index (χ4n) is 2.84. The van der Waals surface area contributed by atoms with Crippen LogP contribution in [0.25, 0.3) is 0 Å². The number of amides is 1. The highest BCUT2D eigenvalue weighted by Gasteiger charge is 2.20. The van der Waals surface area contributed by atoms with Crippen molar-refractivity contribution < 1.29 is 17.6 Å². The average molecular weight is 445 g/mol. The van der Waals surface area contributed by atoms with Gasteiger partial charge in [-0.3, -0.25) is 4.79 Å². The van der Waals surface area contributed by atoms with E-state index in [2.05, 4.69) is 10.0 Å². The average Bonchev–Trinajstić information content (AvgIpc) is 2.69. The Hall–Kier alpha value is -2.68. The number of carbonyl (C=O) groups is 1. The maximum Gasteiger partial charge on any atom is 0.226 e. The van der Waals surface area contributed by atoms with E-state index in [1.54, 1.807) is 6.07 Å². The van der Waals surface area contributed by atoms with Crippen LogP contribution in [0.5, 0.6) is 0 Å². The number of hydrogen-bond acceptors (Lipinski definition) is 4. The molecule has 1 atom stereocenters. The van der Waals surface area contributed by atoms with Crippen LogP contribution >= 0.6 is 11.8 Å². The molecular weight excluding hydrogens is 423 g/mol. The summed E-state index contributed by atoms with van der Waals surface area (Å²) in [5.41, 5.74) is 1.14. The minimum atomic E-state index is -3.58. The zero-order valence-corrected chi connectivity index (χ0v) is 17.8. The molecule has 1 amide bonds. The summed E-state index contributed by atoms with van der Waals surface area (Å²) >= 11 is 1.52. The first kappa shape index (κ1) is 22.0. The van der Waals surface area contributed by atoms with Crippen molar-refractivity contribution in [3.05, 3.63) is 90.2 Å². The van der Waals surface area contributed by atoms with Gasteiger partial charge in [-0.1, -0.05) is 54.2 Å². The molecule has 0 aromatic heterocycles. The molecule has 0 aliphatic heterocycles. The van der Waals surface area contributed by atoms with Crippen LogP contribution in [0, 0.1) is 5.82 Å². The lowest BCUT2D eigenvalue weighted by Gasteiger charge is -2.18. The number of hydrogen-bond donors (Lipinski definition) is 2. The molecule has 3 aromatic rings. The number of para-hydroxylation sites is 1. The largest absolute Gasteiger partial charge is 0.325 e. The predicted octanol–water partition coefficient (Wildman–Crippen LogP) is 4.60. The van der Waals surface area contributed by atoms with E-state index in [0.717, 1.165) is 16.0 Å². The van der Waals surface area contributed by atoms with Gasteiger partial charge in [0.1, 0.15) is 5.82 Å². The highest BCUT2D eigenvalue weighted by molar-refractivity contribution is 7.99. The SMILES string of the molecule is CS(=O)(=O)N[C@H](CC(=O)Nc1ccccc1Sc1ccccc1)c1ccc(F)cc1. The number of anilines is 1. The van der Waals surface area contributed by atoms with Crippen molar-refractivity contribution in [2.24, 2.45) is 0 Å². The summed E-state index contributed by atoms with van der Waals surface area (Å²) in [5.74, 6) is -0.797. The molecule has 0 heterocycles. The first-order valence-corrected chi connectivity index (χ1v) is 11.9. The lowest BCUT2D eigenvalue weighted by Crippen LogP contribution is -2.30. The molecule has 156 valence electrons. The Morgan fingerprint density at radius 1 is 0.967 bits per heavy atom. The quantitative estimate of drug-likeness (QED) is 0.533. The standard InChI is InChI=1S/C22H21FN2O3S2/c1-30(27,28)25-20(16-11-13-17(23)14-12-16)15-22(26)24-19-9-5-6-10-21(19)29-18-7-3-2-4-8-18/h2-14,20,25H,15H2,1H3,(H,24,26)/t20-/m1/s1. The first-order valence-electron chi connectivity index (χ1n) is 9.15. The predicted molar refractivity (Wildman–Crippen MR) is 117 cm³/mol.